The monoisotopic (exact) mass is 237 g/mol. The molecule has 0 radical (unpaired) electrons. The Labute approximate surface area is 102 Å². The molecule has 0 aliphatic heterocycles. The second-order valence-electron chi connectivity index (χ2n) is 3.73. The van der Waals surface area contributed by atoms with Crippen LogP contribution in [-0.4, -0.2) is 30.2 Å². The summed E-state index contributed by atoms with van der Waals surface area (Å²) >= 11 is 1.74. The lowest BCUT2D eigenvalue weighted by molar-refractivity contribution is -0.129. The summed E-state index contributed by atoms with van der Waals surface area (Å²) in [5.41, 5.74) is 0. The minimum Gasteiger partial charge on any atom is -0.346 e. The number of nitrogens with zero attached hydrogens (tertiary/aromatic N) is 1. The van der Waals surface area contributed by atoms with Gasteiger partial charge in [0.2, 0.25) is 5.91 Å². The van der Waals surface area contributed by atoms with Gasteiger partial charge in [-0.1, -0.05) is 25.1 Å². The van der Waals surface area contributed by atoms with Crippen molar-refractivity contribution in [2.24, 2.45) is 0 Å². The standard InChI is InChI=1S/C13H19NOS/c1-3-10-14(2)13(15)9-11-16-12-7-5-4-6-8-12/h4-8H,3,9-11H2,1-2H3. The summed E-state index contributed by atoms with van der Waals surface area (Å²) in [5, 5.41) is 0. The van der Waals surface area contributed by atoms with Crippen molar-refractivity contribution in [1.29, 1.82) is 0 Å². The van der Waals surface area contributed by atoms with Crippen molar-refractivity contribution < 1.29 is 4.79 Å². The Balaban J connectivity index is 2.23. The van der Waals surface area contributed by atoms with Crippen LogP contribution in [-0.2, 0) is 4.79 Å². The van der Waals surface area contributed by atoms with Gasteiger partial charge in [0.05, 0.1) is 0 Å². The first-order chi connectivity index (χ1) is 7.74. The molecule has 0 atom stereocenters. The zero-order chi connectivity index (χ0) is 11.8. The highest BCUT2D eigenvalue weighted by Gasteiger charge is 2.06. The van der Waals surface area contributed by atoms with Crippen LogP contribution < -0.4 is 0 Å². The van der Waals surface area contributed by atoms with Gasteiger partial charge in [0.25, 0.3) is 0 Å². The third-order valence-corrected chi connectivity index (χ3v) is 3.33. The number of hydrogen-bond acceptors (Lipinski definition) is 2. The normalized spacial score (nSPS) is 10.1. The van der Waals surface area contributed by atoms with Crippen LogP contribution in [0.2, 0.25) is 0 Å². The average Bonchev–Trinajstić information content (AvgIpc) is 2.30. The fraction of sp³-hybridized carbons (Fsp3) is 0.462. The second kappa shape index (κ2) is 7.34. The van der Waals surface area contributed by atoms with E-state index < -0.39 is 0 Å². The smallest absolute Gasteiger partial charge is 0.223 e. The van der Waals surface area contributed by atoms with Gasteiger partial charge in [0.15, 0.2) is 0 Å². The van der Waals surface area contributed by atoms with Gasteiger partial charge < -0.3 is 4.90 Å². The van der Waals surface area contributed by atoms with Crippen molar-refractivity contribution in [3.8, 4) is 0 Å². The van der Waals surface area contributed by atoms with E-state index in [0.717, 1.165) is 18.7 Å². The molecule has 1 amide bonds. The minimum atomic E-state index is 0.241. The summed E-state index contributed by atoms with van der Waals surface area (Å²) in [6.07, 6.45) is 1.64. The van der Waals surface area contributed by atoms with E-state index in [1.807, 2.05) is 30.1 Å². The van der Waals surface area contributed by atoms with Gasteiger partial charge in [-0.25, -0.2) is 0 Å². The first-order valence-corrected chi connectivity index (χ1v) is 6.64. The fourth-order valence-electron chi connectivity index (χ4n) is 1.42. The molecule has 0 fully saturated rings. The molecule has 0 unspecified atom stereocenters. The molecule has 0 aromatic heterocycles. The Bertz CT molecular complexity index is 313. The highest BCUT2D eigenvalue weighted by molar-refractivity contribution is 7.99. The highest BCUT2D eigenvalue weighted by atomic mass is 32.2. The Kier molecular flexibility index (Phi) is 6.01. The van der Waals surface area contributed by atoms with E-state index in [1.165, 1.54) is 4.90 Å². The summed E-state index contributed by atoms with van der Waals surface area (Å²) in [6, 6.07) is 10.2. The molecule has 3 heteroatoms. The SMILES string of the molecule is CCCN(C)C(=O)CCSc1ccccc1. The maximum absolute atomic E-state index is 11.6. The predicted octanol–water partition coefficient (Wildman–Crippen LogP) is 3.04. The van der Waals surface area contributed by atoms with E-state index in [9.17, 15) is 4.79 Å². The van der Waals surface area contributed by atoms with Crippen molar-refractivity contribution in [2.45, 2.75) is 24.7 Å². The maximum Gasteiger partial charge on any atom is 0.223 e. The lowest BCUT2D eigenvalue weighted by Crippen LogP contribution is -2.27. The molecule has 0 bridgehead atoms. The fourth-order valence-corrected chi connectivity index (χ4v) is 2.29. The Morgan fingerprint density at radius 1 is 1.31 bits per heavy atom. The Hall–Kier alpha value is -0.960. The van der Waals surface area contributed by atoms with Crippen LogP contribution in [0.4, 0.5) is 0 Å². The molecular formula is C13H19NOS. The molecule has 0 aliphatic carbocycles. The quantitative estimate of drug-likeness (QED) is 0.709. The van der Waals surface area contributed by atoms with Gasteiger partial charge in [-0.15, -0.1) is 11.8 Å². The largest absolute Gasteiger partial charge is 0.346 e. The summed E-state index contributed by atoms with van der Waals surface area (Å²) in [6.45, 7) is 2.94. The van der Waals surface area contributed by atoms with Gasteiger partial charge >= 0.3 is 0 Å². The van der Waals surface area contributed by atoms with Crippen LogP contribution >= 0.6 is 11.8 Å². The van der Waals surface area contributed by atoms with Crippen molar-refractivity contribution in [3.63, 3.8) is 0 Å². The topological polar surface area (TPSA) is 20.3 Å². The summed E-state index contributed by atoms with van der Waals surface area (Å²) < 4.78 is 0. The van der Waals surface area contributed by atoms with E-state index in [1.54, 1.807) is 11.8 Å². The first kappa shape index (κ1) is 13.1. The molecule has 1 rings (SSSR count). The van der Waals surface area contributed by atoms with Crippen molar-refractivity contribution in [1.82, 2.24) is 4.90 Å². The lowest BCUT2D eigenvalue weighted by atomic mass is 10.4. The maximum atomic E-state index is 11.6. The van der Waals surface area contributed by atoms with E-state index in [0.29, 0.717) is 6.42 Å². The summed E-state index contributed by atoms with van der Waals surface area (Å²) in [7, 11) is 1.87. The number of thioether (sulfide) groups is 1. The van der Waals surface area contributed by atoms with Crippen LogP contribution in [0.3, 0.4) is 0 Å². The van der Waals surface area contributed by atoms with Gasteiger partial charge in [0, 0.05) is 30.7 Å². The van der Waals surface area contributed by atoms with E-state index in [2.05, 4.69) is 19.1 Å². The molecule has 2 nitrogen and oxygen atoms in total. The summed E-state index contributed by atoms with van der Waals surface area (Å²) in [5.74, 6) is 1.10. The molecule has 1 aromatic rings. The second-order valence-corrected chi connectivity index (χ2v) is 4.90. The van der Waals surface area contributed by atoms with Crippen molar-refractivity contribution in [2.75, 3.05) is 19.3 Å². The number of carbonyl (C=O) groups excluding carboxylic acids is 1. The number of benzene rings is 1. The number of rotatable bonds is 6. The van der Waals surface area contributed by atoms with Crippen LogP contribution in [0.25, 0.3) is 0 Å². The molecule has 0 spiro atoms. The van der Waals surface area contributed by atoms with Crippen LogP contribution in [0.5, 0.6) is 0 Å². The van der Waals surface area contributed by atoms with Gasteiger partial charge in [-0.3, -0.25) is 4.79 Å². The Morgan fingerprint density at radius 2 is 2.00 bits per heavy atom. The van der Waals surface area contributed by atoms with E-state index in [-0.39, 0.29) is 5.91 Å². The van der Waals surface area contributed by atoms with Gasteiger partial charge in [-0.2, -0.15) is 0 Å². The minimum absolute atomic E-state index is 0.241. The number of carbonyl (C=O) groups is 1. The Morgan fingerprint density at radius 3 is 2.62 bits per heavy atom. The predicted molar refractivity (Wildman–Crippen MR) is 69.7 cm³/mol. The van der Waals surface area contributed by atoms with Crippen LogP contribution in [0.1, 0.15) is 19.8 Å². The summed E-state index contributed by atoms with van der Waals surface area (Å²) in [4.78, 5) is 14.7. The zero-order valence-corrected chi connectivity index (χ0v) is 10.8. The average molecular weight is 237 g/mol. The molecule has 88 valence electrons. The highest BCUT2D eigenvalue weighted by Crippen LogP contribution is 2.17. The zero-order valence-electron chi connectivity index (χ0n) is 9.98. The van der Waals surface area contributed by atoms with E-state index >= 15 is 0 Å². The molecule has 0 saturated heterocycles. The number of hydrogen-bond donors (Lipinski definition) is 0. The van der Waals surface area contributed by atoms with Gasteiger partial charge in [-0.05, 0) is 18.6 Å². The van der Waals surface area contributed by atoms with Gasteiger partial charge in [0.1, 0.15) is 0 Å². The third-order valence-electron chi connectivity index (χ3n) is 2.31. The lowest BCUT2D eigenvalue weighted by Gasteiger charge is -2.15. The van der Waals surface area contributed by atoms with Crippen LogP contribution in [0, 0.1) is 0 Å². The molecular weight excluding hydrogens is 218 g/mol. The first-order valence-electron chi connectivity index (χ1n) is 5.66. The molecule has 0 aliphatic rings. The number of amides is 1. The third kappa shape index (κ3) is 4.71. The van der Waals surface area contributed by atoms with E-state index in [4.69, 9.17) is 0 Å². The van der Waals surface area contributed by atoms with Crippen molar-refractivity contribution in [3.05, 3.63) is 30.3 Å². The van der Waals surface area contributed by atoms with Crippen LogP contribution in [0.15, 0.2) is 35.2 Å². The molecule has 1 aromatic carbocycles. The molecule has 0 N–H and O–H groups in total. The molecule has 0 heterocycles. The molecule has 0 saturated carbocycles. The van der Waals surface area contributed by atoms with Crippen molar-refractivity contribution >= 4 is 17.7 Å². The molecule has 16 heavy (non-hydrogen) atoms.